The third-order valence-corrected chi connectivity index (χ3v) is 4.61. The second-order valence-corrected chi connectivity index (χ2v) is 6.51. The number of carbonyl (C=O) groups is 2. The zero-order valence-corrected chi connectivity index (χ0v) is 16.2. The van der Waals surface area contributed by atoms with E-state index in [1.807, 2.05) is 24.3 Å². The Morgan fingerprint density at radius 2 is 1.37 bits per heavy atom. The molecular formula is C24H20O6. The van der Waals surface area contributed by atoms with Crippen LogP contribution in [-0.2, 0) is 4.89 Å². The molecule has 0 heterocycles. The van der Waals surface area contributed by atoms with Gasteiger partial charge in [0.05, 0.1) is 12.7 Å². The van der Waals surface area contributed by atoms with Crippen LogP contribution in [0.3, 0.4) is 0 Å². The lowest BCUT2D eigenvalue weighted by molar-refractivity contribution is -0.270. The number of carbonyl (C=O) groups excluding carboxylic acids is 1. The maximum absolute atomic E-state index is 12.3. The fourth-order valence-electron chi connectivity index (χ4n) is 2.92. The number of hydrogen-bond donors (Lipinski definition) is 2. The van der Waals surface area contributed by atoms with Crippen LogP contribution in [0.1, 0.15) is 43.5 Å². The Bertz CT molecular complexity index is 1030. The van der Waals surface area contributed by atoms with E-state index in [9.17, 15) is 14.8 Å². The molecule has 0 saturated heterocycles. The van der Waals surface area contributed by atoms with Crippen LogP contribution in [0.4, 0.5) is 0 Å². The molecule has 3 aromatic rings. The summed E-state index contributed by atoms with van der Waals surface area (Å²) in [6, 6.07) is 20.2. The Hall–Kier alpha value is -3.74. The molecule has 2 N–H and O–H groups in total. The molecule has 0 saturated carbocycles. The number of aromatic carboxylic acids is 1. The second kappa shape index (κ2) is 9.65. The average molecular weight is 404 g/mol. The van der Waals surface area contributed by atoms with E-state index < -0.39 is 12.1 Å². The Morgan fingerprint density at radius 1 is 0.833 bits per heavy atom. The van der Waals surface area contributed by atoms with Gasteiger partial charge in [0, 0.05) is 5.56 Å². The largest absolute Gasteiger partial charge is 0.497 e. The maximum atomic E-state index is 12.3. The van der Waals surface area contributed by atoms with E-state index >= 15 is 0 Å². The Morgan fingerprint density at radius 3 is 1.87 bits per heavy atom. The van der Waals surface area contributed by atoms with Gasteiger partial charge in [-0.3, -0.25) is 10.1 Å². The Labute approximate surface area is 173 Å². The zero-order valence-electron chi connectivity index (χ0n) is 16.2. The highest BCUT2D eigenvalue weighted by Gasteiger charge is 2.15. The van der Waals surface area contributed by atoms with E-state index in [1.165, 1.54) is 30.3 Å². The molecule has 0 aromatic heterocycles. The summed E-state index contributed by atoms with van der Waals surface area (Å²) in [6.45, 7) is 0. The van der Waals surface area contributed by atoms with Crippen molar-refractivity contribution >= 4 is 17.8 Å². The van der Waals surface area contributed by atoms with Crippen molar-refractivity contribution in [3.63, 3.8) is 0 Å². The van der Waals surface area contributed by atoms with E-state index in [0.29, 0.717) is 11.3 Å². The topological polar surface area (TPSA) is 93.1 Å². The van der Waals surface area contributed by atoms with Gasteiger partial charge in [-0.2, -0.15) is 0 Å². The lowest BCUT2D eigenvalue weighted by atomic mass is 10.00. The van der Waals surface area contributed by atoms with Crippen LogP contribution in [0, 0.1) is 0 Å². The van der Waals surface area contributed by atoms with Gasteiger partial charge in [0.2, 0.25) is 0 Å². The zero-order chi connectivity index (χ0) is 21.5. The Balaban J connectivity index is 1.70. The first-order valence-corrected chi connectivity index (χ1v) is 9.11. The number of hydrogen-bond acceptors (Lipinski definition) is 5. The van der Waals surface area contributed by atoms with Crippen molar-refractivity contribution < 1.29 is 29.6 Å². The molecule has 0 bridgehead atoms. The minimum absolute atomic E-state index is 0.128. The number of rotatable bonds is 8. The van der Waals surface area contributed by atoms with Crippen LogP contribution >= 0.6 is 0 Å². The van der Waals surface area contributed by atoms with Crippen molar-refractivity contribution in [3.8, 4) is 5.75 Å². The van der Waals surface area contributed by atoms with Crippen LogP contribution in [0.25, 0.3) is 6.08 Å². The number of ketones is 1. The van der Waals surface area contributed by atoms with Crippen molar-refractivity contribution in [2.75, 3.05) is 7.11 Å². The summed E-state index contributed by atoms with van der Waals surface area (Å²) in [6.07, 6.45) is 2.44. The molecule has 1 unspecified atom stereocenters. The predicted octanol–water partition coefficient (Wildman–Crippen LogP) is 4.87. The van der Waals surface area contributed by atoms with E-state index in [2.05, 4.69) is 4.89 Å². The predicted molar refractivity (Wildman–Crippen MR) is 112 cm³/mol. The third-order valence-electron chi connectivity index (χ3n) is 4.61. The lowest BCUT2D eigenvalue weighted by Crippen LogP contribution is -2.03. The van der Waals surface area contributed by atoms with Crippen molar-refractivity contribution in [1.82, 2.24) is 0 Å². The van der Waals surface area contributed by atoms with Crippen LogP contribution in [0.15, 0.2) is 78.9 Å². The average Bonchev–Trinajstić information content (AvgIpc) is 2.79. The molecule has 152 valence electrons. The highest BCUT2D eigenvalue weighted by atomic mass is 17.1. The summed E-state index contributed by atoms with van der Waals surface area (Å²) < 4.78 is 5.13. The quantitative estimate of drug-likeness (QED) is 0.241. The summed E-state index contributed by atoms with van der Waals surface area (Å²) >= 11 is 0. The summed E-state index contributed by atoms with van der Waals surface area (Å²) in [4.78, 5) is 27.8. The summed E-state index contributed by atoms with van der Waals surface area (Å²) in [5.41, 5.74) is 2.84. The highest BCUT2D eigenvalue weighted by Crippen LogP contribution is 2.27. The molecule has 3 aromatic carbocycles. The van der Waals surface area contributed by atoms with Crippen molar-refractivity contribution in [1.29, 1.82) is 0 Å². The van der Waals surface area contributed by atoms with Crippen LogP contribution in [0.5, 0.6) is 5.75 Å². The fraction of sp³-hybridized carbons (Fsp3) is 0.0833. The van der Waals surface area contributed by atoms with Crippen LogP contribution in [-0.4, -0.2) is 29.2 Å². The molecule has 0 fully saturated rings. The first kappa shape index (κ1) is 21.0. The van der Waals surface area contributed by atoms with Crippen LogP contribution in [0.2, 0.25) is 0 Å². The van der Waals surface area contributed by atoms with Crippen molar-refractivity contribution in [3.05, 3.63) is 107 Å². The van der Waals surface area contributed by atoms with Gasteiger partial charge in [-0.15, -0.1) is 0 Å². The fourth-order valence-corrected chi connectivity index (χ4v) is 2.92. The van der Waals surface area contributed by atoms with Gasteiger partial charge < -0.3 is 9.84 Å². The van der Waals surface area contributed by atoms with Gasteiger partial charge >= 0.3 is 5.97 Å². The molecule has 0 radical (unpaired) electrons. The normalized spacial score (nSPS) is 11.9. The minimum atomic E-state index is -1.04. The first-order chi connectivity index (χ1) is 14.5. The molecule has 30 heavy (non-hydrogen) atoms. The Kier molecular flexibility index (Phi) is 6.75. The lowest BCUT2D eigenvalue weighted by Gasteiger charge is -2.15. The smallest absolute Gasteiger partial charge is 0.335 e. The molecular weight excluding hydrogens is 384 g/mol. The van der Waals surface area contributed by atoms with Gasteiger partial charge in [-0.25, -0.2) is 9.68 Å². The SMILES string of the molecule is COc1ccc(C(OO)c2ccc(C=CC(=O)c3ccc(C(=O)O)cc3)cc2)cc1. The number of ether oxygens (including phenoxy) is 1. The number of carboxylic acids is 1. The molecule has 1 atom stereocenters. The summed E-state index contributed by atoms with van der Waals surface area (Å²) in [7, 11) is 1.58. The molecule has 0 aliphatic heterocycles. The molecule has 6 heteroatoms. The maximum Gasteiger partial charge on any atom is 0.335 e. The third kappa shape index (κ3) is 5.00. The number of benzene rings is 3. The molecule has 0 aliphatic carbocycles. The summed E-state index contributed by atoms with van der Waals surface area (Å²) in [5, 5.41) is 18.3. The summed E-state index contributed by atoms with van der Waals surface area (Å²) in [5.74, 6) is -0.562. The molecule has 0 spiro atoms. The number of carboxylic acid groups (broad SMARTS) is 1. The molecule has 0 aliphatic rings. The number of methoxy groups -OCH3 is 1. The first-order valence-electron chi connectivity index (χ1n) is 9.11. The minimum Gasteiger partial charge on any atom is -0.497 e. The van der Waals surface area contributed by atoms with Gasteiger partial charge in [0.25, 0.3) is 0 Å². The monoisotopic (exact) mass is 404 g/mol. The van der Waals surface area contributed by atoms with E-state index in [1.54, 1.807) is 37.5 Å². The van der Waals surface area contributed by atoms with E-state index in [4.69, 9.17) is 9.84 Å². The number of allylic oxidation sites excluding steroid dienone is 1. The van der Waals surface area contributed by atoms with Gasteiger partial charge in [0.15, 0.2) is 5.78 Å². The standard InChI is InChI=1S/C24H20O6/c1-29-21-13-11-19(12-14-21)23(30-28)18-5-2-16(3-6-18)4-15-22(25)17-7-9-20(10-8-17)24(26)27/h2-15,23,28H,1H3,(H,26,27). The van der Waals surface area contributed by atoms with Crippen molar-refractivity contribution in [2.24, 2.45) is 0 Å². The molecule has 0 amide bonds. The second-order valence-electron chi connectivity index (χ2n) is 6.51. The van der Waals surface area contributed by atoms with Gasteiger partial charge in [-0.05, 0) is 47.0 Å². The van der Waals surface area contributed by atoms with E-state index in [0.717, 1.165) is 16.7 Å². The van der Waals surface area contributed by atoms with Crippen LogP contribution < -0.4 is 4.74 Å². The molecule has 6 nitrogen and oxygen atoms in total. The van der Waals surface area contributed by atoms with Crippen molar-refractivity contribution in [2.45, 2.75) is 6.10 Å². The van der Waals surface area contributed by atoms with E-state index in [-0.39, 0.29) is 11.3 Å². The molecule has 3 rings (SSSR count). The van der Waals surface area contributed by atoms with Gasteiger partial charge in [0.1, 0.15) is 11.9 Å². The highest BCUT2D eigenvalue weighted by molar-refractivity contribution is 6.07. The van der Waals surface area contributed by atoms with Gasteiger partial charge in [-0.1, -0.05) is 54.6 Å².